The summed E-state index contributed by atoms with van der Waals surface area (Å²) in [6.07, 6.45) is 2.77. The molecule has 0 radical (unpaired) electrons. The van der Waals surface area contributed by atoms with Crippen LogP contribution in [0.3, 0.4) is 0 Å². The first-order valence-corrected chi connectivity index (χ1v) is 4.96. The Balaban J connectivity index is 1.82. The van der Waals surface area contributed by atoms with Gasteiger partial charge in [0.15, 0.2) is 5.82 Å². The number of aryl methyl sites for hydroxylation is 1. The number of rotatable bonds is 3. The van der Waals surface area contributed by atoms with Gasteiger partial charge in [0.1, 0.15) is 0 Å². The molecule has 1 aromatic heterocycles. The number of aromatic nitrogens is 2. The van der Waals surface area contributed by atoms with Crippen LogP contribution in [0.5, 0.6) is 0 Å². The smallest absolute Gasteiger partial charge is 0.240 e. The summed E-state index contributed by atoms with van der Waals surface area (Å²) < 4.78 is 4.95. The Morgan fingerprint density at radius 2 is 2.43 bits per heavy atom. The number of nitrogens with zero attached hydrogens (tertiary/aromatic N) is 2. The number of hydrogen-bond acceptors (Lipinski definition) is 5. The summed E-state index contributed by atoms with van der Waals surface area (Å²) in [6.45, 7) is 2.33. The van der Waals surface area contributed by atoms with Crippen LogP contribution in [0.15, 0.2) is 4.52 Å². The van der Waals surface area contributed by atoms with Crippen molar-refractivity contribution >= 4 is 0 Å². The zero-order valence-corrected chi connectivity index (χ0v) is 8.23. The minimum absolute atomic E-state index is 0.183. The molecule has 2 rings (SSSR count). The molecule has 0 saturated heterocycles. The summed E-state index contributed by atoms with van der Waals surface area (Å²) in [5.74, 6) is 1.23. The highest BCUT2D eigenvalue weighted by Crippen LogP contribution is 2.18. The molecule has 5 heteroatoms. The monoisotopic (exact) mass is 197 g/mol. The molecule has 78 valence electrons. The first-order valence-electron chi connectivity index (χ1n) is 4.96. The molecule has 1 aliphatic carbocycles. The van der Waals surface area contributed by atoms with Crippen molar-refractivity contribution in [2.75, 3.05) is 0 Å². The van der Waals surface area contributed by atoms with E-state index >= 15 is 0 Å². The van der Waals surface area contributed by atoms with E-state index in [-0.39, 0.29) is 12.1 Å². The van der Waals surface area contributed by atoms with Gasteiger partial charge in [0, 0.05) is 6.04 Å². The molecule has 1 aliphatic rings. The van der Waals surface area contributed by atoms with Gasteiger partial charge >= 0.3 is 0 Å². The van der Waals surface area contributed by atoms with Gasteiger partial charge in [-0.25, -0.2) is 0 Å². The highest BCUT2D eigenvalue weighted by Gasteiger charge is 2.24. The lowest BCUT2D eigenvalue weighted by molar-refractivity contribution is 0.146. The third kappa shape index (κ3) is 2.10. The normalized spacial score (nSPS) is 27.0. The van der Waals surface area contributed by atoms with Crippen LogP contribution in [0.25, 0.3) is 0 Å². The second-order valence-electron chi connectivity index (χ2n) is 3.72. The van der Waals surface area contributed by atoms with Gasteiger partial charge < -0.3 is 14.9 Å². The third-order valence-corrected chi connectivity index (χ3v) is 2.56. The molecular weight excluding hydrogens is 182 g/mol. The molecule has 14 heavy (non-hydrogen) atoms. The lowest BCUT2D eigenvalue weighted by Gasteiger charge is -2.14. The molecule has 1 saturated carbocycles. The maximum atomic E-state index is 9.54. The minimum atomic E-state index is -0.223. The van der Waals surface area contributed by atoms with Gasteiger partial charge in [0.2, 0.25) is 5.89 Å². The fourth-order valence-electron chi connectivity index (χ4n) is 1.81. The van der Waals surface area contributed by atoms with Gasteiger partial charge in [0.25, 0.3) is 0 Å². The van der Waals surface area contributed by atoms with E-state index in [1.54, 1.807) is 6.92 Å². The standard InChI is InChI=1S/C9H15N3O2/c1-6-11-9(14-12-6)5-10-7-3-2-4-8(7)13/h7-8,10,13H,2-5H2,1H3. The molecule has 0 spiro atoms. The molecule has 2 N–H and O–H groups in total. The van der Waals surface area contributed by atoms with E-state index in [0.717, 1.165) is 19.3 Å². The van der Waals surface area contributed by atoms with Crippen LogP contribution in [0.1, 0.15) is 31.0 Å². The Kier molecular flexibility index (Phi) is 2.79. The first kappa shape index (κ1) is 9.61. The molecule has 0 aliphatic heterocycles. The van der Waals surface area contributed by atoms with Crippen molar-refractivity contribution in [2.45, 2.75) is 44.9 Å². The summed E-state index contributed by atoms with van der Waals surface area (Å²) in [6, 6.07) is 0.183. The topological polar surface area (TPSA) is 71.2 Å². The van der Waals surface area contributed by atoms with Crippen LogP contribution in [-0.4, -0.2) is 27.4 Å². The Hall–Kier alpha value is -0.940. The highest BCUT2D eigenvalue weighted by atomic mass is 16.5. The zero-order chi connectivity index (χ0) is 9.97. The van der Waals surface area contributed by atoms with Gasteiger partial charge in [-0.3, -0.25) is 0 Å². The quantitative estimate of drug-likeness (QED) is 0.733. The van der Waals surface area contributed by atoms with Gasteiger partial charge in [-0.15, -0.1) is 0 Å². The summed E-state index contributed by atoms with van der Waals surface area (Å²) >= 11 is 0. The summed E-state index contributed by atoms with van der Waals surface area (Å²) in [5.41, 5.74) is 0. The molecule has 1 fully saturated rings. The van der Waals surface area contributed by atoms with Crippen molar-refractivity contribution in [1.82, 2.24) is 15.5 Å². The number of nitrogens with one attached hydrogen (secondary N) is 1. The molecule has 0 amide bonds. The van der Waals surface area contributed by atoms with Crippen molar-refractivity contribution in [3.05, 3.63) is 11.7 Å². The maximum absolute atomic E-state index is 9.54. The van der Waals surface area contributed by atoms with E-state index in [2.05, 4.69) is 15.5 Å². The Labute approximate surface area is 82.5 Å². The van der Waals surface area contributed by atoms with Gasteiger partial charge in [-0.1, -0.05) is 5.16 Å². The molecular formula is C9H15N3O2. The molecule has 5 nitrogen and oxygen atoms in total. The fraction of sp³-hybridized carbons (Fsp3) is 0.778. The molecule has 2 atom stereocenters. The maximum Gasteiger partial charge on any atom is 0.240 e. The Morgan fingerprint density at radius 3 is 3.00 bits per heavy atom. The van der Waals surface area contributed by atoms with Crippen molar-refractivity contribution in [3.8, 4) is 0 Å². The Bertz CT molecular complexity index is 300. The van der Waals surface area contributed by atoms with Crippen molar-refractivity contribution < 1.29 is 9.63 Å². The Morgan fingerprint density at radius 1 is 1.57 bits per heavy atom. The number of aliphatic hydroxyl groups is 1. The second-order valence-corrected chi connectivity index (χ2v) is 3.72. The van der Waals surface area contributed by atoms with E-state index in [0.29, 0.717) is 18.3 Å². The summed E-state index contributed by atoms with van der Waals surface area (Å²) in [5, 5.41) is 16.5. The number of hydrogen-bond donors (Lipinski definition) is 2. The van der Waals surface area contributed by atoms with E-state index < -0.39 is 0 Å². The van der Waals surface area contributed by atoms with Crippen LogP contribution < -0.4 is 5.32 Å². The predicted octanol–water partition coefficient (Wildman–Crippen LogP) is 0.381. The minimum Gasteiger partial charge on any atom is -0.392 e. The SMILES string of the molecule is Cc1noc(CNC2CCCC2O)n1. The van der Waals surface area contributed by atoms with E-state index in [4.69, 9.17) is 4.52 Å². The largest absolute Gasteiger partial charge is 0.392 e. The van der Waals surface area contributed by atoms with Crippen LogP contribution in [0.4, 0.5) is 0 Å². The van der Waals surface area contributed by atoms with Gasteiger partial charge in [0.05, 0.1) is 12.6 Å². The van der Waals surface area contributed by atoms with Crippen LogP contribution in [-0.2, 0) is 6.54 Å². The highest BCUT2D eigenvalue weighted by molar-refractivity contribution is 4.87. The number of aliphatic hydroxyl groups excluding tert-OH is 1. The van der Waals surface area contributed by atoms with Crippen LogP contribution in [0, 0.1) is 6.92 Å². The van der Waals surface area contributed by atoms with Crippen LogP contribution >= 0.6 is 0 Å². The lowest BCUT2D eigenvalue weighted by Crippen LogP contribution is -2.35. The molecule has 1 aromatic rings. The van der Waals surface area contributed by atoms with Crippen molar-refractivity contribution in [2.24, 2.45) is 0 Å². The van der Waals surface area contributed by atoms with Crippen LogP contribution in [0.2, 0.25) is 0 Å². The van der Waals surface area contributed by atoms with Crippen molar-refractivity contribution in [3.63, 3.8) is 0 Å². The predicted molar refractivity (Wildman–Crippen MR) is 49.5 cm³/mol. The molecule has 2 unspecified atom stereocenters. The lowest BCUT2D eigenvalue weighted by atomic mass is 10.2. The third-order valence-electron chi connectivity index (χ3n) is 2.56. The van der Waals surface area contributed by atoms with Crippen molar-refractivity contribution in [1.29, 1.82) is 0 Å². The summed E-state index contributed by atoms with van der Waals surface area (Å²) in [4.78, 5) is 4.07. The summed E-state index contributed by atoms with van der Waals surface area (Å²) in [7, 11) is 0. The van der Waals surface area contributed by atoms with E-state index in [9.17, 15) is 5.11 Å². The molecule has 0 bridgehead atoms. The molecule has 0 aromatic carbocycles. The van der Waals surface area contributed by atoms with Gasteiger partial charge in [-0.2, -0.15) is 4.98 Å². The average molecular weight is 197 g/mol. The average Bonchev–Trinajstić information content (AvgIpc) is 2.72. The van der Waals surface area contributed by atoms with E-state index in [1.165, 1.54) is 0 Å². The van der Waals surface area contributed by atoms with E-state index in [1.807, 2.05) is 0 Å². The molecule has 1 heterocycles. The second kappa shape index (κ2) is 4.06. The zero-order valence-electron chi connectivity index (χ0n) is 8.23. The van der Waals surface area contributed by atoms with Gasteiger partial charge in [-0.05, 0) is 26.2 Å². The fourth-order valence-corrected chi connectivity index (χ4v) is 1.81. The first-order chi connectivity index (χ1) is 6.75.